The van der Waals surface area contributed by atoms with Crippen molar-refractivity contribution in [2.45, 2.75) is 13.1 Å². The Balaban J connectivity index is 3.39. The van der Waals surface area contributed by atoms with E-state index in [0.29, 0.717) is 6.07 Å². The van der Waals surface area contributed by atoms with E-state index in [4.69, 9.17) is 16.7 Å². The Morgan fingerprint density at radius 3 is 2.40 bits per heavy atom. The fourth-order valence-corrected chi connectivity index (χ4v) is 1.36. The van der Waals surface area contributed by atoms with Crippen molar-refractivity contribution in [1.82, 2.24) is 4.98 Å². The molecule has 82 valence electrons. The van der Waals surface area contributed by atoms with Crippen LogP contribution >= 0.6 is 11.6 Å². The molecule has 7 heteroatoms. The van der Waals surface area contributed by atoms with Gasteiger partial charge in [0.2, 0.25) is 0 Å². The zero-order chi connectivity index (χ0) is 11.8. The van der Waals surface area contributed by atoms with Crippen LogP contribution in [0.3, 0.4) is 0 Å². The zero-order valence-electron chi connectivity index (χ0n) is 7.39. The first-order valence-corrected chi connectivity index (χ1v) is 4.09. The molecular formula is C8H5ClF3NO2. The Morgan fingerprint density at radius 2 is 2.07 bits per heavy atom. The molecule has 1 heterocycles. The molecule has 1 aromatic heterocycles. The first kappa shape index (κ1) is 11.8. The Morgan fingerprint density at radius 1 is 1.53 bits per heavy atom. The van der Waals surface area contributed by atoms with Crippen LogP contribution in [0.25, 0.3) is 0 Å². The normalized spacial score (nSPS) is 11.5. The number of pyridine rings is 1. The first-order valence-electron chi connectivity index (χ1n) is 3.71. The van der Waals surface area contributed by atoms with Crippen molar-refractivity contribution in [1.29, 1.82) is 0 Å². The van der Waals surface area contributed by atoms with E-state index in [1.807, 2.05) is 0 Å². The minimum atomic E-state index is -4.63. The minimum absolute atomic E-state index is 0.0742. The van der Waals surface area contributed by atoms with E-state index >= 15 is 0 Å². The summed E-state index contributed by atoms with van der Waals surface area (Å²) in [7, 11) is 0. The van der Waals surface area contributed by atoms with Crippen molar-refractivity contribution in [2.75, 3.05) is 0 Å². The Hall–Kier alpha value is -1.30. The van der Waals surface area contributed by atoms with Crippen molar-refractivity contribution >= 4 is 17.6 Å². The highest BCUT2D eigenvalue weighted by molar-refractivity contribution is 6.32. The van der Waals surface area contributed by atoms with Gasteiger partial charge in [-0.1, -0.05) is 11.6 Å². The highest BCUT2D eigenvalue weighted by Gasteiger charge is 2.34. The van der Waals surface area contributed by atoms with Gasteiger partial charge in [-0.05, 0) is 18.6 Å². The molecule has 0 amide bonds. The summed E-state index contributed by atoms with van der Waals surface area (Å²) in [6, 6.07) is 0.648. The number of hydrogen-bond donors (Lipinski definition) is 1. The molecule has 0 aliphatic heterocycles. The van der Waals surface area contributed by atoms with Gasteiger partial charge in [-0.3, -0.25) is 0 Å². The summed E-state index contributed by atoms with van der Waals surface area (Å²) in [5.74, 6) is -1.40. The van der Waals surface area contributed by atoms with Crippen molar-refractivity contribution in [3.8, 4) is 0 Å². The minimum Gasteiger partial charge on any atom is -0.478 e. The number of rotatable bonds is 1. The Labute approximate surface area is 87.5 Å². The van der Waals surface area contributed by atoms with Gasteiger partial charge in [0.1, 0.15) is 10.8 Å². The fourth-order valence-electron chi connectivity index (χ4n) is 1.04. The van der Waals surface area contributed by atoms with E-state index in [0.717, 1.165) is 0 Å². The highest BCUT2D eigenvalue weighted by Crippen LogP contribution is 2.31. The third-order valence-electron chi connectivity index (χ3n) is 1.68. The molecule has 0 aliphatic carbocycles. The molecule has 0 saturated carbocycles. The van der Waals surface area contributed by atoms with E-state index in [1.165, 1.54) is 6.92 Å². The van der Waals surface area contributed by atoms with Crippen molar-refractivity contribution in [2.24, 2.45) is 0 Å². The van der Waals surface area contributed by atoms with Crippen LogP contribution < -0.4 is 0 Å². The molecule has 0 unspecified atom stereocenters. The molecule has 1 N–H and O–H groups in total. The van der Waals surface area contributed by atoms with Gasteiger partial charge in [0.05, 0.1) is 5.56 Å². The number of halogens is 4. The maximum atomic E-state index is 12.2. The molecule has 15 heavy (non-hydrogen) atoms. The van der Waals surface area contributed by atoms with E-state index in [-0.39, 0.29) is 5.56 Å². The van der Waals surface area contributed by atoms with Gasteiger partial charge in [0.25, 0.3) is 0 Å². The lowest BCUT2D eigenvalue weighted by atomic mass is 10.1. The Bertz CT molecular complexity index is 394. The topological polar surface area (TPSA) is 50.2 Å². The average Bonchev–Trinajstić information content (AvgIpc) is 1.99. The van der Waals surface area contributed by atoms with Crippen LogP contribution in [0.4, 0.5) is 13.2 Å². The molecular weight excluding hydrogens is 235 g/mol. The third-order valence-corrected chi connectivity index (χ3v) is 1.95. The van der Waals surface area contributed by atoms with Crippen LogP contribution in [0.2, 0.25) is 5.15 Å². The van der Waals surface area contributed by atoms with Gasteiger partial charge in [0, 0.05) is 0 Å². The summed E-state index contributed by atoms with van der Waals surface area (Å²) >= 11 is 5.34. The van der Waals surface area contributed by atoms with Gasteiger partial charge in [0.15, 0.2) is 0 Å². The highest BCUT2D eigenvalue weighted by atomic mass is 35.5. The number of aromatic nitrogens is 1. The molecule has 0 fully saturated rings. The lowest BCUT2D eigenvalue weighted by molar-refractivity contribution is -0.141. The molecule has 0 spiro atoms. The number of aromatic carboxylic acids is 1. The smallest absolute Gasteiger partial charge is 0.433 e. The number of nitrogens with zero attached hydrogens (tertiary/aromatic N) is 1. The van der Waals surface area contributed by atoms with E-state index in [9.17, 15) is 18.0 Å². The van der Waals surface area contributed by atoms with Gasteiger partial charge in [-0.15, -0.1) is 0 Å². The van der Waals surface area contributed by atoms with Crippen molar-refractivity contribution < 1.29 is 23.1 Å². The van der Waals surface area contributed by atoms with E-state index < -0.39 is 28.6 Å². The average molecular weight is 240 g/mol. The number of alkyl halides is 3. The number of aryl methyl sites for hydroxylation is 1. The standard InChI is InChI=1S/C8H5ClF3NO2/c1-3-2-4(8(10,11)12)13-6(9)5(3)7(14)15/h2H,1H3,(H,14,15). The monoisotopic (exact) mass is 239 g/mol. The summed E-state index contributed by atoms with van der Waals surface area (Å²) in [4.78, 5) is 13.6. The second-order valence-electron chi connectivity index (χ2n) is 2.79. The van der Waals surface area contributed by atoms with Crippen molar-refractivity contribution in [3.63, 3.8) is 0 Å². The molecule has 3 nitrogen and oxygen atoms in total. The molecule has 1 rings (SSSR count). The summed E-state index contributed by atoms with van der Waals surface area (Å²) < 4.78 is 36.6. The van der Waals surface area contributed by atoms with Crippen LogP contribution in [-0.2, 0) is 6.18 Å². The quantitative estimate of drug-likeness (QED) is 0.767. The van der Waals surface area contributed by atoms with Gasteiger partial charge in [-0.2, -0.15) is 13.2 Å². The number of carboxylic acids is 1. The van der Waals surface area contributed by atoms with E-state index in [2.05, 4.69) is 4.98 Å². The molecule has 0 atom stereocenters. The largest absolute Gasteiger partial charge is 0.478 e. The second-order valence-corrected chi connectivity index (χ2v) is 3.15. The Kier molecular flexibility index (Phi) is 2.90. The zero-order valence-corrected chi connectivity index (χ0v) is 8.15. The summed E-state index contributed by atoms with van der Waals surface area (Å²) in [6.45, 7) is 1.23. The fraction of sp³-hybridized carbons (Fsp3) is 0.250. The number of hydrogen-bond acceptors (Lipinski definition) is 2. The first-order chi connectivity index (χ1) is 6.73. The lowest BCUT2D eigenvalue weighted by Crippen LogP contribution is -2.12. The van der Waals surface area contributed by atoms with E-state index in [1.54, 1.807) is 0 Å². The molecule has 0 radical (unpaired) electrons. The lowest BCUT2D eigenvalue weighted by Gasteiger charge is -2.09. The molecule has 0 aliphatic rings. The van der Waals surface area contributed by atoms with Gasteiger partial charge < -0.3 is 5.11 Å². The molecule has 1 aromatic rings. The maximum Gasteiger partial charge on any atom is 0.433 e. The predicted octanol–water partition coefficient (Wildman–Crippen LogP) is 2.76. The molecule has 0 aromatic carbocycles. The SMILES string of the molecule is Cc1cc(C(F)(F)F)nc(Cl)c1C(=O)O. The summed E-state index contributed by atoms with van der Waals surface area (Å²) in [5.41, 5.74) is -1.69. The molecule has 0 saturated heterocycles. The number of carbonyl (C=O) groups is 1. The van der Waals surface area contributed by atoms with Gasteiger partial charge >= 0.3 is 12.1 Å². The van der Waals surface area contributed by atoms with Crippen LogP contribution in [0.5, 0.6) is 0 Å². The maximum absolute atomic E-state index is 12.2. The predicted molar refractivity (Wildman–Crippen MR) is 45.9 cm³/mol. The van der Waals surface area contributed by atoms with Crippen LogP contribution in [0.1, 0.15) is 21.6 Å². The van der Waals surface area contributed by atoms with Crippen molar-refractivity contribution in [3.05, 3.63) is 28.0 Å². The van der Waals surface area contributed by atoms with Gasteiger partial charge in [-0.25, -0.2) is 9.78 Å². The van der Waals surface area contributed by atoms with Crippen LogP contribution in [0, 0.1) is 6.92 Å². The summed E-state index contributed by atoms with van der Waals surface area (Å²) in [6.07, 6.45) is -4.63. The van der Waals surface area contributed by atoms with Crippen LogP contribution in [0.15, 0.2) is 6.07 Å². The molecule has 0 bridgehead atoms. The number of carboxylic acid groups (broad SMARTS) is 1. The van der Waals surface area contributed by atoms with Crippen LogP contribution in [-0.4, -0.2) is 16.1 Å². The second kappa shape index (κ2) is 3.69. The summed E-state index contributed by atoms with van der Waals surface area (Å²) in [5, 5.41) is 7.98. The third kappa shape index (κ3) is 2.38.